The van der Waals surface area contributed by atoms with Gasteiger partial charge in [-0.05, 0) is 23.6 Å². The predicted molar refractivity (Wildman–Crippen MR) is 83.6 cm³/mol. The lowest BCUT2D eigenvalue weighted by Crippen LogP contribution is -2.13. The van der Waals surface area contributed by atoms with E-state index in [9.17, 15) is 9.59 Å². The molecule has 2 rings (SSSR count). The molecular weight excluding hydrogens is 280 g/mol. The van der Waals surface area contributed by atoms with E-state index in [1.165, 1.54) is 7.11 Å². The summed E-state index contributed by atoms with van der Waals surface area (Å²) >= 11 is 0. The van der Waals surface area contributed by atoms with Crippen LogP contribution in [0.4, 0.5) is 0 Å². The fraction of sp³-hybridized carbons (Fsp3) is 0.222. The van der Waals surface area contributed by atoms with E-state index in [0.29, 0.717) is 11.1 Å². The topological polar surface area (TPSA) is 52.6 Å². The van der Waals surface area contributed by atoms with Crippen LogP contribution in [0.25, 0.3) is 11.1 Å². The summed E-state index contributed by atoms with van der Waals surface area (Å²) in [6.07, 6.45) is 0.0331. The quantitative estimate of drug-likeness (QED) is 0.795. The summed E-state index contributed by atoms with van der Waals surface area (Å²) in [5.41, 5.74) is 2.67. The Morgan fingerprint density at radius 3 is 2.36 bits per heavy atom. The molecule has 2 aromatic rings. The predicted octanol–water partition coefficient (Wildman–Crippen LogP) is 3.25. The maximum Gasteiger partial charge on any atom is 0.339 e. The zero-order chi connectivity index (χ0) is 15.9. The molecule has 22 heavy (non-hydrogen) atoms. The second-order valence-electron chi connectivity index (χ2n) is 4.68. The summed E-state index contributed by atoms with van der Waals surface area (Å²) < 4.78 is 9.86. The van der Waals surface area contributed by atoms with Crippen molar-refractivity contribution in [3.8, 4) is 11.1 Å². The average Bonchev–Trinajstić information content (AvgIpc) is 2.55. The van der Waals surface area contributed by atoms with Crippen LogP contribution in [0.5, 0.6) is 0 Å². The molecule has 114 valence electrons. The normalized spacial score (nSPS) is 10.1. The minimum absolute atomic E-state index is 0.0331. The molecule has 0 aliphatic heterocycles. The van der Waals surface area contributed by atoms with Gasteiger partial charge in [0.2, 0.25) is 0 Å². The first-order chi connectivity index (χ1) is 10.7. The zero-order valence-corrected chi connectivity index (χ0v) is 12.7. The van der Waals surface area contributed by atoms with Gasteiger partial charge < -0.3 is 9.47 Å². The Hall–Kier alpha value is -2.62. The van der Waals surface area contributed by atoms with Gasteiger partial charge in [0.25, 0.3) is 0 Å². The monoisotopic (exact) mass is 298 g/mol. The van der Waals surface area contributed by atoms with Crippen LogP contribution in [-0.2, 0) is 20.7 Å². The highest BCUT2D eigenvalue weighted by Crippen LogP contribution is 2.27. The summed E-state index contributed by atoms with van der Waals surface area (Å²) in [4.78, 5) is 23.9. The van der Waals surface area contributed by atoms with Gasteiger partial charge >= 0.3 is 11.9 Å². The number of benzene rings is 2. The highest BCUT2D eigenvalue weighted by molar-refractivity contribution is 5.99. The second-order valence-corrected chi connectivity index (χ2v) is 4.68. The molecule has 0 N–H and O–H groups in total. The van der Waals surface area contributed by atoms with Crippen LogP contribution < -0.4 is 0 Å². The second kappa shape index (κ2) is 7.41. The van der Waals surface area contributed by atoms with Crippen molar-refractivity contribution in [2.24, 2.45) is 0 Å². The van der Waals surface area contributed by atoms with Crippen molar-refractivity contribution in [1.29, 1.82) is 0 Å². The molecular formula is C18H18O4. The number of hydrogen-bond donors (Lipinski definition) is 0. The Kier molecular flexibility index (Phi) is 5.31. The smallest absolute Gasteiger partial charge is 0.339 e. The molecule has 0 spiro atoms. The van der Waals surface area contributed by atoms with Crippen LogP contribution in [0.15, 0.2) is 48.5 Å². The largest absolute Gasteiger partial charge is 0.469 e. The first-order valence-corrected chi connectivity index (χ1v) is 7.08. The van der Waals surface area contributed by atoms with E-state index < -0.39 is 11.9 Å². The molecule has 0 heterocycles. The number of ether oxygens (including phenoxy) is 2. The number of esters is 2. The summed E-state index contributed by atoms with van der Waals surface area (Å²) in [7, 11) is 1.33. The fourth-order valence-electron chi connectivity index (χ4n) is 2.28. The molecule has 0 saturated carbocycles. The molecule has 4 heteroatoms. The van der Waals surface area contributed by atoms with E-state index in [4.69, 9.17) is 9.47 Å². The number of rotatable bonds is 5. The van der Waals surface area contributed by atoms with Crippen molar-refractivity contribution >= 4 is 11.9 Å². The standard InChI is InChI=1S/C18H18O4/c1-3-22-18(20)17-14(12-16(19)21-2)10-7-11-15(17)13-8-5-4-6-9-13/h4-11H,3,12H2,1-2H3. The molecule has 0 unspecified atom stereocenters. The van der Waals surface area contributed by atoms with Crippen LogP contribution in [0, 0.1) is 0 Å². The molecule has 2 aromatic carbocycles. The van der Waals surface area contributed by atoms with Crippen LogP contribution in [0.1, 0.15) is 22.8 Å². The van der Waals surface area contributed by atoms with Crippen molar-refractivity contribution in [2.75, 3.05) is 13.7 Å². The van der Waals surface area contributed by atoms with Crippen molar-refractivity contribution in [3.63, 3.8) is 0 Å². The van der Waals surface area contributed by atoms with E-state index in [2.05, 4.69) is 0 Å². The Labute approximate surface area is 129 Å². The number of methoxy groups -OCH3 is 1. The molecule has 0 saturated heterocycles. The van der Waals surface area contributed by atoms with Gasteiger partial charge in [-0.2, -0.15) is 0 Å². The third kappa shape index (κ3) is 3.52. The summed E-state index contributed by atoms with van der Waals surface area (Å²) in [6.45, 7) is 2.03. The van der Waals surface area contributed by atoms with Crippen LogP contribution >= 0.6 is 0 Å². The molecule has 0 amide bonds. The lowest BCUT2D eigenvalue weighted by molar-refractivity contribution is -0.139. The van der Waals surface area contributed by atoms with Gasteiger partial charge in [-0.3, -0.25) is 4.79 Å². The fourth-order valence-corrected chi connectivity index (χ4v) is 2.28. The minimum atomic E-state index is -0.430. The van der Waals surface area contributed by atoms with E-state index in [1.807, 2.05) is 42.5 Å². The molecule has 0 fully saturated rings. The highest BCUT2D eigenvalue weighted by atomic mass is 16.5. The molecule has 0 aromatic heterocycles. The lowest BCUT2D eigenvalue weighted by Gasteiger charge is -2.13. The summed E-state index contributed by atoms with van der Waals surface area (Å²) in [5, 5.41) is 0. The Morgan fingerprint density at radius 1 is 1.00 bits per heavy atom. The first kappa shape index (κ1) is 15.8. The lowest BCUT2D eigenvalue weighted by atomic mass is 9.94. The van der Waals surface area contributed by atoms with Gasteiger partial charge in [-0.15, -0.1) is 0 Å². The van der Waals surface area contributed by atoms with Crippen LogP contribution in [0.2, 0.25) is 0 Å². The molecule has 0 aliphatic carbocycles. The van der Waals surface area contributed by atoms with Gasteiger partial charge in [0.15, 0.2) is 0 Å². The summed E-state index contributed by atoms with van der Waals surface area (Å²) in [6, 6.07) is 15.0. The van der Waals surface area contributed by atoms with Gasteiger partial charge in [-0.1, -0.05) is 48.5 Å². The van der Waals surface area contributed by atoms with E-state index >= 15 is 0 Å². The van der Waals surface area contributed by atoms with E-state index in [0.717, 1.165) is 11.1 Å². The molecule has 0 aliphatic rings. The Morgan fingerprint density at radius 2 is 1.73 bits per heavy atom. The van der Waals surface area contributed by atoms with E-state index in [1.54, 1.807) is 13.0 Å². The number of carbonyl (C=O) groups is 2. The van der Waals surface area contributed by atoms with Gasteiger partial charge in [0.1, 0.15) is 0 Å². The summed E-state index contributed by atoms with van der Waals surface area (Å²) in [5.74, 6) is -0.823. The van der Waals surface area contributed by atoms with Crippen molar-refractivity contribution in [3.05, 3.63) is 59.7 Å². The Balaban J connectivity index is 2.55. The van der Waals surface area contributed by atoms with Gasteiger partial charge in [0, 0.05) is 0 Å². The minimum Gasteiger partial charge on any atom is -0.469 e. The maximum atomic E-state index is 12.4. The average molecular weight is 298 g/mol. The number of carbonyl (C=O) groups excluding carboxylic acids is 2. The van der Waals surface area contributed by atoms with Crippen molar-refractivity contribution < 1.29 is 19.1 Å². The van der Waals surface area contributed by atoms with Crippen molar-refractivity contribution in [1.82, 2.24) is 0 Å². The van der Waals surface area contributed by atoms with Gasteiger partial charge in [-0.25, -0.2) is 4.79 Å². The van der Waals surface area contributed by atoms with Gasteiger partial charge in [0.05, 0.1) is 25.7 Å². The highest BCUT2D eigenvalue weighted by Gasteiger charge is 2.20. The molecule has 4 nitrogen and oxygen atoms in total. The zero-order valence-electron chi connectivity index (χ0n) is 12.7. The van der Waals surface area contributed by atoms with Crippen molar-refractivity contribution in [2.45, 2.75) is 13.3 Å². The SMILES string of the molecule is CCOC(=O)c1c(CC(=O)OC)cccc1-c1ccccc1. The third-order valence-corrected chi connectivity index (χ3v) is 3.28. The van der Waals surface area contributed by atoms with Crippen LogP contribution in [-0.4, -0.2) is 25.7 Å². The Bertz CT molecular complexity index is 662. The molecule has 0 radical (unpaired) electrons. The molecule has 0 bridgehead atoms. The van der Waals surface area contributed by atoms with Crippen LogP contribution in [0.3, 0.4) is 0 Å². The third-order valence-electron chi connectivity index (χ3n) is 3.28. The number of hydrogen-bond acceptors (Lipinski definition) is 4. The maximum absolute atomic E-state index is 12.4. The first-order valence-electron chi connectivity index (χ1n) is 7.08. The van der Waals surface area contributed by atoms with E-state index in [-0.39, 0.29) is 13.0 Å². The molecule has 0 atom stereocenters.